The molecule has 5 heteroatoms. The molecule has 1 N–H and O–H groups in total. The minimum absolute atomic E-state index is 0.194. The summed E-state index contributed by atoms with van der Waals surface area (Å²) < 4.78 is 13.8. The summed E-state index contributed by atoms with van der Waals surface area (Å²) in [4.78, 5) is 14.3. The fourth-order valence-electron chi connectivity index (χ4n) is 1.23. The number of hydrogen-bond donors (Lipinski definition) is 1. The molecule has 0 aliphatic carbocycles. The molecular formula is C9H4ClFINO. The minimum Gasteiger partial charge on any atom is -0.358 e. The van der Waals surface area contributed by atoms with Gasteiger partial charge >= 0.3 is 0 Å². The molecule has 72 valence electrons. The van der Waals surface area contributed by atoms with Crippen molar-refractivity contribution in [2.75, 3.05) is 0 Å². The zero-order chi connectivity index (χ0) is 10.3. The Balaban J connectivity index is 3.03. The van der Waals surface area contributed by atoms with E-state index in [9.17, 15) is 9.18 Å². The van der Waals surface area contributed by atoms with E-state index < -0.39 is 5.82 Å². The van der Waals surface area contributed by atoms with Gasteiger partial charge in [0.25, 0.3) is 0 Å². The molecule has 0 radical (unpaired) electrons. The summed E-state index contributed by atoms with van der Waals surface area (Å²) in [5.41, 5.74) is -0.0134. The summed E-state index contributed by atoms with van der Waals surface area (Å²) >= 11 is 7.54. The van der Waals surface area contributed by atoms with Crippen LogP contribution >= 0.6 is 34.2 Å². The maximum absolute atomic E-state index is 13.3. The number of aromatic amines is 1. The van der Waals surface area contributed by atoms with Crippen LogP contribution in [0.2, 0.25) is 5.02 Å². The lowest BCUT2D eigenvalue weighted by atomic mass is 10.2. The summed E-state index contributed by atoms with van der Waals surface area (Å²) in [5.74, 6) is -0.513. The Labute approximate surface area is 97.2 Å². The molecule has 0 unspecified atom stereocenters. The number of halogens is 3. The molecule has 0 amide bonds. The Morgan fingerprint density at radius 3 is 2.86 bits per heavy atom. The van der Waals surface area contributed by atoms with Crippen molar-refractivity contribution in [2.45, 2.75) is 0 Å². The molecule has 1 aromatic carbocycles. The predicted octanol–water partition coefficient (Wildman–Crippen LogP) is 2.93. The summed E-state index contributed by atoms with van der Waals surface area (Å²) in [6.07, 6.45) is 1.47. The highest BCUT2D eigenvalue weighted by Gasteiger charge is 2.07. The van der Waals surface area contributed by atoms with Crippen molar-refractivity contribution in [3.8, 4) is 0 Å². The molecule has 14 heavy (non-hydrogen) atoms. The first kappa shape index (κ1) is 9.92. The van der Waals surface area contributed by atoms with Gasteiger partial charge in [0.2, 0.25) is 5.43 Å². The second-order valence-electron chi connectivity index (χ2n) is 2.78. The van der Waals surface area contributed by atoms with Gasteiger partial charge in [-0.15, -0.1) is 0 Å². The van der Waals surface area contributed by atoms with E-state index in [1.54, 1.807) is 0 Å². The fourth-order valence-corrected chi connectivity index (χ4v) is 1.88. The number of hydrogen-bond acceptors (Lipinski definition) is 1. The van der Waals surface area contributed by atoms with Crippen molar-refractivity contribution in [1.82, 2.24) is 4.98 Å². The van der Waals surface area contributed by atoms with Crippen molar-refractivity contribution < 1.29 is 4.39 Å². The zero-order valence-corrected chi connectivity index (χ0v) is 9.69. The van der Waals surface area contributed by atoms with E-state index in [4.69, 9.17) is 11.6 Å². The number of benzene rings is 1. The smallest absolute Gasteiger partial charge is 0.202 e. The first-order valence-electron chi connectivity index (χ1n) is 3.75. The topological polar surface area (TPSA) is 32.9 Å². The van der Waals surface area contributed by atoms with E-state index >= 15 is 0 Å². The molecule has 2 nitrogen and oxygen atoms in total. The van der Waals surface area contributed by atoms with Crippen molar-refractivity contribution in [3.05, 3.63) is 43.0 Å². The SMILES string of the molecule is O=c1c(I)c[nH]c2c(F)cc(Cl)cc12. The van der Waals surface area contributed by atoms with E-state index in [-0.39, 0.29) is 21.4 Å². The molecular weight excluding hydrogens is 319 g/mol. The molecule has 2 rings (SSSR count). The average molecular weight is 323 g/mol. The maximum atomic E-state index is 13.3. The Hall–Kier alpha value is -0.620. The van der Waals surface area contributed by atoms with Crippen LogP contribution in [0.3, 0.4) is 0 Å². The highest BCUT2D eigenvalue weighted by Crippen LogP contribution is 2.19. The van der Waals surface area contributed by atoms with Crippen molar-refractivity contribution >= 4 is 45.1 Å². The van der Waals surface area contributed by atoms with Crippen LogP contribution in [0.1, 0.15) is 0 Å². The molecule has 0 atom stereocenters. The second-order valence-corrected chi connectivity index (χ2v) is 4.37. The molecule has 2 aromatic rings. The van der Waals surface area contributed by atoms with E-state index in [2.05, 4.69) is 4.98 Å². The van der Waals surface area contributed by atoms with Crippen LogP contribution in [0.4, 0.5) is 4.39 Å². The third-order valence-corrected chi connectivity index (χ3v) is 2.88. The van der Waals surface area contributed by atoms with Gasteiger partial charge in [-0.25, -0.2) is 4.39 Å². The first-order valence-corrected chi connectivity index (χ1v) is 5.21. The highest BCUT2D eigenvalue weighted by molar-refractivity contribution is 14.1. The van der Waals surface area contributed by atoms with Crippen molar-refractivity contribution in [2.24, 2.45) is 0 Å². The first-order chi connectivity index (χ1) is 6.59. The fraction of sp³-hybridized carbons (Fsp3) is 0. The molecule has 0 aliphatic rings. The van der Waals surface area contributed by atoms with Crippen LogP contribution in [0.25, 0.3) is 10.9 Å². The van der Waals surface area contributed by atoms with Gasteiger partial charge in [0.1, 0.15) is 5.82 Å². The number of rotatable bonds is 0. The van der Waals surface area contributed by atoms with Gasteiger partial charge in [-0.05, 0) is 34.7 Å². The molecule has 0 bridgehead atoms. The average Bonchev–Trinajstić information content (AvgIpc) is 2.12. The number of H-pyrrole nitrogens is 1. The van der Waals surface area contributed by atoms with Crippen LogP contribution in [-0.2, 0) is 0 Å². The summed E-state index contributed by atoms with van der Waals surface area (Å²) in [6.45, 7) is 0. The molecule has 0 aliphatic heterocycles. The lowest BCUT2D eigenvalue weighted by molar-refractivity contribution is 0.637. The molecule has 0 saturated heterocycles. The van der Waals surface area contributed by atoms with Crippen LogP contribution in [0.5, 0.6) is 0 Å². The van der Waals surface area contributed by atoms with E-state index in [0.29, 0.717) is 3.57 Å². The van der Waals surface area contributed by atoms with Gasteiger partial charge in [0.15, 0.2) is 0 Å². The highest BCUT2D eigenvalue weighted by atomic mass is 127. The van der Waals surface area contributed by atoms with Gasteiger partial charge in [0, 0.05) is 11.2 Å². The van der Waals surface area contributed by atoms with E-state index in [1.165, 1.54) is 18.3 Å². The summed E-state index contributed by atoms with van der Waals surface area (Å²) in [5, 5.41) is 0.504. The number of pyridine rings is 1. The normalized spacial score (nSPS) is 10.8. The molecule has 0 fully saturated rings. The minimum atomic E-state index is -0.513. The Morgan fingerprint density at radius 2 is 2.14 bits per heavy atom. The van der Waals surface area contributed by atoms with Gasteiger partial charge < -0.3 is 4.98 Å². The standard InChI is InChI=1S/C9H4ClFINO/c10-4-1-5-8(6(11)2-4)13-3-7(12)9(5)14/h1-3H,(H,13,14). The monoisotopic (exact) mass is 323 g/mol. The van der Waals surface area contributed by atoms with Crippen LogP contribution < -0.4 is 5.43 Å². The molecule has 0 saturated carbocycles. The molecule has 1 heterocycles. The Bertz CT molecular complexity index is 566. The Kier molecular flexibility index (Phi) is 2.48. The third-order valence-electron chi connectivity index (χ3n) is 1.86. The van der Waals surface area contributed by atoms with Gasteiger partial charge in [-0.2, -0.15) is 0 Å². The quantitative estimate of drug-likeness (QED) is 0.743. The van der Waals surface area contributed by atoms with Crippen molar-refractivity contribution in [1.29, 1.82) is 0 Å². The summed E-state index contributed by atoms with van der Waals surface area (Å²) in [6, 6.07) is 2.63. The number of aromatic nitrogens is 1. The van der Waals surface area contributed by atoms with Gasteiger partial charge in [-0.1, -0.05) is 11.6 Å². The largest absolute Gasteiger partial charge is 0.358 e. The van der Waals surface area contributed by atoms with Crippen molar-refractivity contribution in [3.63, 3.8) is 0 Å². The number of fused-ring (bicyclic) bond motifs is 1. The van der Waals surface area contributed by atoms with Crippen LogP contribution in [0.15, 0.2) is 23.1 Å². The second kappa shape index (κ2) is 3.51. The van der Waals surface area contributed by atoms with E-state index in [1.807, 2.05) is 22.6 Å². The molecule has 1 aromatic heterocycles. The maximum Gasteiger partial charge on any atom is 0.202 e. The predicted molar refractivity (Wildman–Crippen MR) is 62.3 cm³/mol. The van der Waals surface area contributed by atoms with Gasteiger partial charge in [-0.3, -0.25) is 4.79 Å². The lowest BCUT2D eigenvalue weighted by Crippen LogP contribution is -2.07. The zero-order valence-electron chi connectivity index (χ0n) is 6.77. The van der Waals surface area contributed by atoms with Gasteiger partial charge in [0.05, 0.1) is 14.5 Å². The lowest BCUT2D eigenvalue weighted by Gasteiger charge is -2.00. The number of nitrogens with one attached hydrogen (secondary N) is 1. The third kappa shape index (κ3) is 1.52. The van der Waals surface area contributed by atoms with Crippen LogP contribution in [0, 0.1) is 9.39 Å². The molecule has 0 spiro atoms. The summed E-state index contributed by atoms with van der Waals surface area (Å²) in [7, 11) is 0. The van der Waals surface area contributed by atoms with Crippen LogP contribution in [-0.4, -0.2) is 4.98 Å². The Morgan fingerprint density at radius 1 is 1.43 bits per heavy atom. The van der Waals surface area contributed by atoms with E-state index in [0.717, 1.165) is 0 Å².